The Morgan fingerprint density at radius 3 is 2.39 bits per heavy atom. The van der Waals surface area contributed by atoms with Crippen molar-refractivity contribution >= 4 is 0 Å². The fourth-order valence-electron chi connectivity index (χ4n) is 1.91. The highest BCUT2D eigenvalue weighted by Crippen LogP contribution is 2.27. The Bertz CT molecular complexity index is 428. The lowest BCUT2D eigenvalue weighted by atomic mass is 9.91. The minimum atomic E-state index is -0.947. The molecule has 5 heteroatoms. The Morgan fingerprint density at radius 1 is 1.22 bits per heavy atom. The van der Waals surface area contributed by atoms with Gasteiger partial charge in [0, 0.05) is 11.5 Å². The Hall–Kier alpha value is -1.55. The molecule has 0 bridgehead atoms. The summed E-state index contributed by atoms with van der Waals surface area (Å²) >= 11 is 0. The lowest BCUT2D eigenvalue weighted by molar-refractivity contribution is 0.0144. The molecule has 0 aliphatic heterocycles. The lowest BCUT2D eigenvalue weighted by Gasteiger charge is -2.21. The maximum absolute atomic E-state index is 10.1. The first-order valence-corrected chi connectivity index (χ1v) is 6.03. The third-order valence-corrected chi connectivity index (χ3v) is 2.89. The predicted octanol–water partition coefficient (Wildman–Crippen LogP) is 2.90. The molecule has 0 spiro atoms. The molecule has 1 rings (SSSR count). The van der Waals surface area contributed by atoms with Crippen LogP contribution in [0.5, 0.6) is 0 Å². The van der Waals surface area contributed by atoms with Crippen LogP contribution in [-0.2, 0) is 0 Å². The molecule has 0 radical (unpaired) electrons. The smallest absolute Gasteiger partial charge is 0.105 e. The van der Waals surface area contributed by atoms with E-state index in [1.807, 2.05) is 38.1 Å². The molecular weight excluding hydrogens is 230 g/mol. The average Bonchev–Trinajstić information content (AvgIpc) is 2.38. The largest absolute Gasteiger partial charge is 0.390 e. The van der Waals surface area contributed by atoms with Crippen LogP contribution in [0.3, 0.4) is 0 Å². The fourth-order valence-corrected chi connectivity index (χ4v) is 1.91. The molecule has 0 heterocycles. The molecule has 1 aromatic rings. The van der Waals surface area contributed by atoms with Crippen molar-refractivity contribution in [2.24, 2.45) is 5.11 Å². The molecule has 18 heavy (non-hydrogen) atoms. The highest BCUT2D eigenvalue weighted by Gasteiger charge is 2.21. The van der Waals surface area contributed by atoms with Gasteiger partial charge in [0.1, 0.15) is 6.10 Å². The van der Waals surface area contributed by atoms with Crippen molar-refractivity contribution < 1.29 is 10.2 Å². The quantitative estimate of drug-likeness (QED) is 0.461. The molecule has 0 saturated carbocycles. The summed E-state index contributed by atoms with van der Waals surface area (Å²) in [7, 11) is 0. The molecule has 0 aliphatic rings. The third-order valence-electron chi connectivity index (χ3n) is 2.89. The van der Waals surface area contributed by atoms with Crippen molar-refractivity contribution in [2.45, 2.75) is 38.4 Å². The van der Waals surface area contributed by atoms with Gasteiger partial charge in [0.25, 0.3) is 0 Å². The van der Waals surface area contributed by atoms with Crippen LogP contribution < -0.4 is 0 Å². The van der Waals surface area contributed by atoms with Crippen LogP contribution in [0.1, 0.15) is 43.4 Å². The van der Waals surface area contributed by atoms with Crippen molar-refractivity contribution in [3.63, 3.8) is 0 Å². The molecule has 98 valence electrons. The van der Waals surface area contributed by atoms with Crippen LogP contribution in [0.4, 0.5) is 0 Å². The second-order valence-corrected chi connectivity index (χ2v) is 4.54. The van der Waals surface area contributed by atoms with E-state index < -0.39 is 12.2 Å². The Labute approximate surface area is 107 Å². The van der Waals surface area contributed by atoms with E-state index in [2.05, 4.69) is 10.0 Å². The van der Waals surface area contributed by atoms with Crippen molar-refractivity contribution in [1.29, 1.82) is 0 Å². The summed E-state index contributed by atoms with van der Waals surface area (Å²) < 4.78 is 0. The summed E-state index contributed by atoms with van der Waals surface area (Å²) in [6, 6.07) is 7.52. The first-order chi connectivity index (χ1) is 8.57. The predicted molar refractivity (Wildman–Crippen MR) is 70.1 cm³/mol. The van der Waals surface area contributed by atoms with Gasteiger partial charge >= 0.3 is 0 Å². The van der Waals surface area contributed by atoms with Gasteiger partial charge in [-0.1, -0.05) is 43.2 Å². The van der Waals surface area contributed by atoms with E-state index in [1.165, 1.54) is 0 Å². The topological polar surface area (TPSA) is 89.2 Å². The van der Waals surface area contributed by atoms with E-state index in [4.69, 9.17) is 5.53 Å². The van der Waals surface area contributed by atoms with Crippen LogP contribution in [0.25, 0.3) is 10.4 Å². The van der Waals surface area contributed by atoms with Crippen LogP contribution in [0.15, 0.2) is 29.4 Å². The summed E-state index contributed by atoms with van der Waals surface area (Å²) in [6.07, 6.45) is -1.62. The zero-order valence-electron chi connectivity index (χ0n) is 10.7. The third kappa shape index (κ3) is 3.74. The molecule has 0 aromatic heterocycles. The molecule has 2 N–H and O–H groups in total. The van der Waals surface area contributed by atoms with Crippen molar-refractivity contribution in [3.05, 3.63) is 45.8 Å². The van der Waals surface area contributed by atoms with Crippen molar-refractivity contribution in [1.82, 2.24) is 0 Å². The van der Waals surface area contributed by atoms with Gasteiger partial charge in [-0.15, -0.1) is 0 Å². The normalized spacial score (nSPS) is 14.1. The summed E-state index contributed by atoms with van der Waals surface area (Å²) in [5, 5.41) is 23.4. The van der Waals surface area contributed by atoms with Gasteiger partial charge in [0.05, 0.1) is 6.10 Å². The number of rotatable bonds is 6. The lowest BCUT2D eigenvalue weighted by Crippen LogP contribution is -2.20. The van der Waals surface area contributed by atoms with Crippen LogP contribution in [-0.4, -0.2) is 22.9 Å². The van der Waals surface area contributed by atoms with Gasteiger partial charge in [0.2, 0.25) is 0 Å². The first-order valence-electron chi connectivity index (χ1n) is 6.03. The maximum atomic E-state index is 10.1. The van der Waals surface area contributed by atoms with Crippen LogP contribution in [0.2, 0.25) is 0 Å². The maximum Gasteiger partial charge on any atom is 0.105 e. The molecule has 0 aliphatic carbocycles. The van der Waals surface area contributed by atoms with Gasteiger partial charge in [0.15, 0.2) is 0 Å². The molecule has 1 aromatic carbocycles. The van der Waals surface area contributed by atoms with Gasteiger partial charge in [-0.25, -0.2) is 0 Å². The molecule has 0 saturated heterocycles. The van der Waals surface area contributed by atoms with Crippen molar-refractivity contribution in [3.8, 4) is 0 Å². The molecular formula is C13H19N3O2. The minimum absolute atomic E-state index is 0.179. The molecule has 0 fully saturated rings. The minimum Gasteiger partial charge on any atom is -0.390 e. The van der Waals surface area contributed by atoms with E-state index in [0.29, 0.717) is 0 Å². The van der Waals surface area contributed by atoms with E-state index >= 15 is 0 Å². The van der Waals surface area contributed by atoms with Gasteiger partial charge in [-0.05, 0) is 29.0 Å². The van der Waals surface area contributed by atoms with Gasteiger partial charge < -0.3 is 10.2 Å². The Kier molecular flexibility index (Phi) is 5.65. The molecule has 0 amide bonds. The van der Waals surface area contributed by atoms with E-state index in [0.717, 1.165) is 11.1 Å². The number of nitrogens with zero attached hydrogens (tertiary/aromatic N) is 3. The Morgan fingerprint density at radius 2 is 1.83 bits per heavy atom. The summed E-state index contributed by atoms with van der Waals surface area (Å²) in [5.74, 6) is 0.278. The number of benzene rings is 1. The molecule has 5 nitrogen and oxygen atoms in total. The zero-order valence-corrected chi connectivity index (χ0v) is 10.7. The SMILES string of the molecule is CC(C)c1ccccc1C(O)C(O)CCN=[N+]=[N-]. The monoisotopic (exact) mass is 249 g/mol. The second-order valence-electron chi connectivity index (χ2n) is 4.54. The van der Waals surface area contributed by atoms with Crippen LogP contribution >= 0.6 is 0 Å². The summed E-state index contributed by atoms with van der Waals surface area (Å²) in [5.41, 5.74) is 9.92. The second kappa shape index (κ2) is 7.01. The highest BCUT2D eigenvalue weighted by atomic mass is 16.3. The van der Waals surface area contributed by atoms with E-state index in [9.17, 15) is 10.2 Å². The average molecular weight is 249 g/mol. The van der Waals surface area contributed by atoms with Crippen LogP contribution in [0, 0.1) is 0 Å². The molecule has 2 atom stereocenters. The number of aliphatic hydroxyl groups excluding tert-OH is 2. The van der Waals surface area contributed by atoms with Crippen molar-refractivity contribution in [2.75, 3.05) is 6.54 Å². The van der Waals surface area contributed by atoms with E-state index in [1.54, 1.807) is 0 Å². The van der Waals surface area contributed by atoms with E-state index in [-0.39, 0.29) is 18.9 Å². The number of azide groups is 1. The number of hydrogen-bond acceptors (Lipinski definition) is 3. The summed E-state index contributed by atoms with van der Waals surface area (Å²) in [6.45, 7) is 4.26. The standard InChI is InChI=1S/C13H19N3O2/c1-9(2)10-5-3-4-6-11(10)13(18)12(17)7-8-15-16-14/h3-6,9,12-13,17-18H,7-8H2,1-2H3. The highest BCUT2D eigenvalue weighted by molar-refractivity contribution is 5.32. The number of hydrogen-bond donors (Lipinski definition) is 2. The Balaban J connectivity index is 2.82. The van der Waals surface area contributed by atoms with Gasteiger partial charge in [-0.2, -0.15) is 0 Å². The first kappa shape index (κ1) is 14.5. The zero-order chi connectivity index (χ0) is 13.5. The fraction of sp³-hybridized carbons (Fsp3) is 0.538. The molecule has 2 unspecified atom stereocenters. The summed E-state index contributed by atoms with van der Waals surface area (Å²) in [4.78, 5) is 2.62. The van der Waals surface area contributed by atoms with Gasteiger partial charge in [-0.3, -0.25) is 0 Å². The number of aliphatic hydroxyl groups is 2.